The van der Waals surface area contributed by atoms with Crippen LogP contribution in [0.5, 0.6) is 5.75 Å². The predicted molar refractivity (Wildman–Crippen MR) is 51.6 cm³/mol. The number of aliphatic hydroxyl groups excluding tert-OH is 1. The SMILES string of the molecule is COc1ccc([C@@](C)(N)CO)cc1F. The minimum Gasteiger partial charge on any atom is -0.494 e. The molecule has 0 fully saturated rings. The molecule has 3 N–H and O–H groups in total. The van der Waals surface area contributed by atoms with E-state index in [2.05, 4.69) is 0 Å². The number of hydrogen-bond donors (Lipinski definition) is 2. The molecule has 0 saturated heterocycles. The van der Waals surface area contributed by atoms with Crippen LogP contribution < -0.4 is 10.5 Å². The molecular formula is C10H14FNO2. The fraction of sp³-hybridized carbons (Fsp3) is 0.400. The van der Waals surface area contributed by atoms with Gasteiger partial charge in [0.05, 0.1) is 19.3 Å². The van der Waals surface area contributed by atoms with E-state index < -0.39 is 11.4 Å². The van der Waals surface area contributed by atoms with Crippen LogP contribution in [-0.4, -0.2) is 18.8 Å². The van der Waals surface area contributed by atoms with E-state index in [1.54, 1.807) is 13.0 Å². The summed E-state index contributed by atoms with van der Waals surface area (Å²) in [4.78, 5) is 0. The predicted octanol–water partition coefficient (Wildman–Crippen LogP) is 1.00. The molecule has 1 atom stereocenters. The Morgan fingerprint density at radius 2 is 2.21 bits per heavy atom. The Bertz CT molecular complexity index is 326. The summed E-state index contributed by atoms with van der Waals surface area (Å²) in [5.41, 5.74) is 5.36. The van der Waals surface area contributed by atoms with Crippen LogP contribution in [0.1, 0.15) is 12.5 Å². The molecule has 1 aromatic rings. The van der Waals surface area contributed by atoms with Crippen molar-refractivity contribution < 1.29 is 14.2 Å². The van der Waals surface area contributed by atoms with Gasteiger partial charge in [-0.25, -0.2) is 4.39 Å². The Labute approximate surface area is 82.3 Å². The van der Waals surface area contributed by atoms with Crippen molar-refractivity contribution in [2.45, 2.75) is 12.5 Å². The number of hydrogen-bond acceptors (Lipinski definition) is 3. The zero-order valence-electron chi connectivity index (χ0n) is 8.25. The second-order valence-electron chi connectivity index (χ2n) is 3.42. The molecule has 0 unspecified atom stereocenters. The van der Waals surface area contributed by atoms with E-state index in [-0.39, 0.29) is 12.4 Å². The zero-order valence-corrected chi connectivity index (χ0v) is 8.25. The molecule has 0 radical (unpaired) electrons. The Balaban J connectivity index is 3.08. The number of rotatable bonds is 3. The van der Waals surface area contributed by atoms with Gasteiger partial charge in [-0.05, 0) is 24.6 Å². The highest BCUT2D eigenvalue weighted by Gasteiger charge is 2.21. The summed E-state index contributed by atoms with van der Waals surface area (Å²) in [7, 11) is 1.39. The van der Waals surface area contributed by atoms with Crippen molar-refractivity contribution in [2.24, 2.45) is 5.73 Å². The van der Waals surface area contributed by atoms with Crippen molar-refractivity contribution in [3.05, 3.63) is 29.6 Å². The van der Waals surface area contributed by atoms with Gasteiger partial charge in [-0.3, -0.25) is 0 Å². The first-order valence-corrected chi connectivity index (χ1v) is 4.25. The van der Waals surface area contributed by atoms with Crippen molar-refractivity contribution in [1.82, 2.24) is 0 Å². The van der Waals surface area contributed by atoms with E-state index in [0.717, 1.165) is 0 Å². The maximum atomic E-state index is 13.3. The standard InChI is InChI=1S/C10H14FNO2/c1-10(12,6-13)7-3-4-9(14-2)8(11)5-7/h3-5,13H,6,12H2,1-2H3/t10-/m0/s1. The van der Waals surface area contributed by atoms with Crippen molar-refractivity contribution >= 4 is 0 Å². The third kappa shape index (κ3) is 2.02. The summed E-state index contributed by atoms with van der Waals surface area (Å²) in [6.45, 7) is 1.40. The largest absolute Gasteiger partial charge is 0.494 e. The number of halogens is 1. The molecule has 14 heavy (non-hydrogen) atoms. The molecule has 0 bridgehead atoms. The average Bonchev–Trinajstić information content (AvgIpc) is 2.17. The van der Waals surface area contributed by atoms with Gasteiger partial charge >= 0.3 is 0 Å². The highest BCUT2D eigenvalue weighted by atomic mass is 19.1. The Hall–Kier alpha value is -1.13. The molecule has 0 amide bonds. The smallest absolute Gasteiger partial charge is 0.165 e. The van der Waals surface area contributed by atoms with Gasteiger partial charge in [0.15, 0.2) is 11.6 Å². The lowest BCUT2D eigenvalue weighted by Gasteiger charge is -2.22. The van der Waals surface area contributed by atoms with Gasteiger partial charge in [0.25, 0.3) is 0 Å². The summed E-state index contributed by atoms with van der Waals surface area (Å²) in [6.07, 6.45) is 0. The first-order valence-electron chi connectivity index (χ1n) is 4.25. The normalized spacial score (nSPS) is 14.9. The van der Waals surface area contributed by atoms with Crippen LogP contribution in [0.15, 0.2) is 18.2 Å². The second kappa shape index (κ2) is 3.94. The molecule has 0 aromatic heterocycles. The Kier molecular flexibility index (Phi) is 3.08. The van der Waals surface area contributed by atoms with Crippen molar-refractivity contribution in [1.29, 1.82) is 0 Å². The average molecular weight is 199 g/mol. The lowest BCUT2D eigenvalue weighted by Crippen LogP contribution is -2.36. The fourth-order valence-corrected chi connectivity index (χ4v) is 1.11. The number of methoxy groups -OCH3 is 1. The minimum atomic E-state index is -0.924. The maximum Gasteiger partial charge on any atom is 0.165 e. The summed E-state index contributed by atoms with van der Waals surface area (Å²) in [5.74, 6) is -0.308. The van der Waals surface area contributed by atoms with Gasteiger partial charge < -0.3 is 15.6 Å². The number of nitrogens with two attached hydrogens (primary N) is 1. The molecule has 78 valence electrons. The van der Waals surface area contributed by atoms with Crippen molar-refractivity contribution in [2.75, 3.05) is 13.7 Å². The van der Waals surface area contributed by atoms with E-state index >= 15 is 0 Å². The van der Waals surface area contributed by atoms with Gasteiger partial charge in [-0.15, -0.1) is 0 Å². The van der Waals surface area contributed by atoms with Gasteiger partial charge in [0.1, 0.15) is 0 Å². The first-order chi connectivity index (χ1) is 6.51. The Morgan fingerprint density at radius 1 is 1.57 bits per heavy atom. The monoisotopic (exact) mass is 199 g/mol. The van der Waals surface area contributed by atoms with E-state index in [1.807, 2.05) is 0 Å². The van der Waals surface area contributed by atoms with Crippen LogP contribution in [0.2, 0.25) is 0 Å². The van der Waals surface area contributed by atoms with Crippen molar-refractivity contribution in [3.63, 3.8) is 0 Å². The number of ether oxygens (including phenoxy) is 1. The third-order valence-corrected chi connectivity index (χ3v) is 2.14. The van der Waals surface area contributed by atoms with E-state index in [9.17, 15) is 4.39 Å². The molecule has 3 nitrogen and oxygen atoms in total. The zero-order chi connectivity index (χ0) is 10.8. The lowest BCUT2D eigenvalue weighted by atomic mass is 9.94. The van der Waals surface area contributed by atoms with Gasteiger partial charge in [-0.1, -0.05) is 6.07 Å². The highest BCUT2D eigenvalue weighted by molar-refractivity contribution is 5.32. The fourth-order valence-electron chi connectivity index (χ4n) is 1.11. The molecule has 0 aliphatic rings. The third-order valence-electron chi connectivity index (χ3n) is 2.14. The first kappa shape index (κ1) is 10.9. The topological polar surface area (TPSA) is 55.5 Å². The highest BCUT2D eigenvalue weighted by Crippen LogP contribution is 2.23. The summed E-state index contributed by atoms with van der Waals surface area (Å²) in [6, 6.07) is 4.40. The van der Waals surface area contributed by atoms with E-state index in [0.29, 0.717) is 5.56 Å². The molecule has 4 heteroatoms. The van der Waals surface area contributed by atoms with Gasteiger partial charge in [0.2, 0.25) is 0 Å². The molecule has 0 aliphatic carbocycles. The van der Waals surface area contributed by atoms with Crippen LogP contribution in [-0.2, 0) is 5.54 Å². The van der Waals surface area contributed by atoms with E-state index in [4.69, 9.17) is 15.6 Å². The number of benzene rings is 1. The Morgan fingerprint density at radius 3 is 2.64 bits per heavy atom. The number of aliphatic hydroxyl groups is 1. The van der Waals surface area contributed by atoms with Crippen LogP contribution >= 0.6 is 0 Å². The van der Waals surface area contributed by atoms with E-state index in [1.165, 1.54) is 19.2 Å². The molecule has 1 rings (SSSR count). The van der Waals surface area contributed by atoms with Gasteiger partial charge in [-0.2, -0.15) is 0 Å². The summed E-state index contributed by atoms with van der Waals surface area (Å²) < 4.78 is 18.0. The van der Waals surface area contributed by atoms with Crippen molar-refractivity contribution in [3.8, 4) is 5.75 Å². The van der Waals surface area contributed by atoms with Crippen LogP contribution in [0.4, 0.5) is 4.39 Å². The minimum absolute atomic E-state index is 0.169. The molecule has 0 heterocycles. The molecule has 1 aromatic carbocycles. The summed E-state index contributed by atoms with van der Waals surface area (Å²) >= 11 is 0. The van der Waals surface area contributed by atoms with Gasteiger partial charge in [0, 0.05) is 0 Å². The maximum absolute atomic E-state index is 13.3. The second-order valence-corrected chi connectivity index (χ2v) is 3.42. The molecule has 0 spiro atoms. The van der Waals surface area contributed by atoms with Crippen LogP contribution in [0, 0.1) is 5.82 Å². The quantitative estimate of drug-likeness (QED) is 0.763. The molecule has 0 aliphatic heterocycles. The molecule has 0 saturated carbocycles. The lowest BCUT2D eigenvalue weighted by molar-refractivity contribution is 0.209. The van der Waals surface area contributed by atoms with Crippen LogP contribution in [0.3, 0.4) is 0 Å². The van der Waals surface area contributed by atoms with Crippen LogP contribution in [0.25, 0.3) is 0 Å². The molecular weight excluding hydrogens is 185 g/mol. The summed E-state index contributed by atoms with van der Waals surface area (Å²) in [5, 5.41) is 8.99.